The van der Waals surface area contributed by atoms with Crippen LogP contribution in [0.3, 0.4) is 0 Å². The monoisotopic (exact) mass is 377 g/mol. The Balaban J connectivity index is 2.28. The van der Waals surface area contributed by atoms with E-state index in [-0.39, 0.29) is 18.5 Å². The van der Waals surface area contributed by atoms with Gasteiger partial charge in [-0.2, -0.15) is 0 Å². The summed E-state index contributed by atoms with van der Waals surface area (Å²) in [5, 5.41) is 12.8. The number of aliphatic hydroxyl groups is 1. The van der Waals surface area contributed by atoms with Crippen LogP contribution < -0.4 is 5.32 Å². The fourth-order valence-corrected chi connectivity index (χ4v) is 1.92. The molecule has 0 bridgehead atoms. The highest BCUT2D eigenvalue weighted by Gasteiger charge is 2.14. The predicted molar refractivity (Wildman–Crippen MR) is 84.1 cm³/mol. The average Bonchev–Trinajstić information content (AvgIpc) is 2.41. The maximum Gasteiger partial charge on any atom is 0.308 e. The van der Waals surface area contributed by atoms with Crippen LogP contribution in [0.25, 0.3) is 0 Å². The average molecular weight is 377 g/mol. The van der Waals surface area contributed by atoms with Crippen LogP contribution in [0.4, 0.5) is 5.69 Å². The third-order valence-electron chi connectivity index (χ3n) is 2.80. The van der Waals surface area contributed by atoms with E-state index in [0.717, 1.165) is 15.7 Å². The molecule has 0 aliphatic carbocycles. The summed E-state index contributed by atoms with van der Waals surface area (Å²) < 4.78 is 6.16. The highest BCUT2D eigenvalue weighted by atomic mass is 127. The van der Waals surface area contributed by atoms with Crippen LogP contribution >= 0.6 is 22.6 Å². The van der Waals surface area contributed by atoms with Gasteiger partial charge in [0.25, 0.3) is 0 Å². The molecular formula is C14H20INO3. The Labute approximate surface area is 127 Å². The van der Waals surface area contributed by atoms with E-state index < -0.39 is 6.10 Å². The third kappa shape index (κ3) is 6.24. The topological polar surface area (TPSA) is 58.6 Å². The number of esters is 1. The van der Waals surface area contributed by atoms with Gasteiger partial charge in [-0.15, -0.1) is 0 Å². The van der Waals surface area contributed by atoms with Crippen LogP contribution in [0.1, 0.15) is 20.3 Å². The fourth-order valence-electron chi connectivity index (χ4n) is 1.38. The van der Waals surface area contributed by atoms with Gasteiger partial charge >= 0.3 is 5.97 Å². The zero-order valence-electron chi connectivity index (χ0n) is 11.2. The first kappa shape index (κ1) is 16.2. The van der Waals surface area contributed by atoms with E-state index in [1.807, 2.05) is 38.1 Å². The Kier molecular flexibility index (Phi) is 7.15. The zero-order valence-corrected chi connectivity index (χ0v) is 13.4. The molecular weight excluding hydrogens is 357 g/mol. The Morgan fingerprint density at radius 1 is 1.53 bits per heavy atom. The maximum atomic E-state index is 11.4. The largest absolute Gasteiger partial charge is 0.463 e. The Hall–Kier alpha value is -0.820. The normalized spacial score (nSPS) is 13.7. The molecule has 106 valence electrons. The van der Waals surface area contributed by atoms with Crippen molar-refractivity contribution < 1.29 is 14.6 Å². The molecule has 2 N–H and O–H groups in total. The standard InChI is InChI=1S/C14H20INO3/c1-3-10(2)14(18)19-9-13(17)8-16-12-6-4-5-11(15)7-12/h4-7,10,13,16-17H,3,8-9H2,1-2H3. The summed E-state index contributed by atoms with van der Waals surface area (Å²) in [6.45, 7) is 4.13. The first-order valence-electron chi connectivity index (χ1n) is 6.37. The van der Waals surface area contributed by atoms with Gasteiger partial charge in [0, 0.05) is 15.8 Å². The van der Waals surface area contributed by atoms with Crippen LogP contribution in [0.5, 0.6) is 0 Å². The molecule has 0 amide bonds. The Bertz CT molecular complexity index is 411. The van der Waals surface area contributed by atoms with E-state index in [0.29, 0.717) is 6.54 Å². The van der Waals surface area contributed by atoms with Gasteiger partial charge in [0.15, 0.2) is 0 Å². The molecule has 1 aromatic carbocycles. The van der Waals surface area contributed by atoms with Crippen molar-refractivity contribution >= 4 is 34.2 Å². The summed E-state index contributed by atoms with van der Waals surface area (Å²) in [4.78, 5) is 11.4. The van der Waals surface area contributed by atoms with Crippen LogP contribution in [-0.2, 0) is 9.53 Å². The molecule has 2 unspecified atom stereocenters. The molecule has 4 nitrogen and oxygen atoms in total. The Morgan fingerprint density at radius 3 is 2.89 bits per heavy atom. The van der Waals surface area contributed by atoms with Crippen molar-refractivity contribution in [2.45, 2.75) is 26.4 Å². The van der Waals surface area contributed by atoms with Gasteiger partial charge < -0.3 is 15.2 Å². The zero-order chi connectivity index (χ0) is 14.3. The lowest BCUT2D eigenvalue weighted by atomic mass is 10.1. The van der Waals surface area contributed by atoms with Gasteiger partial charge in [-0.25, -0.2) is 0 Å². The number of hydrogen-bond donors (Lipinski definition) is 2. The van der Waals surface area contributed by atoms with Crippen molar-refractivity contribution in [3.05, 3.63) is 27.8 Å². The lowest BCUT2D eigenvalue weighted by Gasteiger charge is -2.15. The predicted octanol–water partition coefficient (Wildman–Crippen LogP) is 2.65. The minimum absolute atomic E-state index is 0.0279. The molecule has 0 radical (unpaired) electrons. The number of ether oxygens (including phenoxy) is 1. The first-order chi connectivity index (χ1) is 9.02. The van der Waals surface area contributed by atoms with Crippen molar-refractivity contribution in [1.29, 1.82) is 0 Å². The van der Waals surface area contributed by atoms with E-state index in [9.17, 15) is 9.90 Å². The van der Waals surface area contributed by atoms with Crippen LogP contribution in [0.15, 0.2) is 24.3 Å². The molecule has 1 rings (SSSR count). The smallest absolute Gasteiger partial charge is 0.308 e. The van der Waals surface area contributed by atoms with E-state index in [2.05, 4.69) is 27.9 Å². The molecule has 0 aliphatic heterocycles. The third-order valence-corrected chi connectivity index (χ3v) is 3.47. The SMILES string of the molecule is CCC(C)C(=O)OCC(O)CNc1cccc(I)c1. The minimum Gasteiger partial charge on any atom is -0.463 e. The molecule has 0 aliphatic rings. The molecule has 0 saturated carbocycles. The van der Waals surface area contributed by atoms with Gasteiger partial charge in [-0.05, 0) is 47.2 Å². The summed E-state index contributed by atoms with van der Waals surface area (Å²) in [5.74, 6) is -0.369. The second-order valence-electron chi connectivity index (χ2n) is 4.48. The summed E-state index contributed by atoms with van der Waals surface area (Å²) in [6, 6.07) is 7.86. The number of nitrogens with one attached hydrogen (secondary N) is 1. The van der Waals surface area contributed by atoms with Gasteiger partial charge in [0.2, 0.25) is 0 Å². The van der Waals surface area contributed by atoms with E-state index >= 15 is 0 Å². The molecule has 0 fully saturated rings. The molecule has 1 aromatic rings. The minimum atomic E-state index is -0.703. The van der Waals surface area contributed by atoms with Crippen molar-refractivity contribution in [2.24, 2.45) is 5.92 Å². The summed E-state index contributed by atoms with van der Waals surface area (Å²) in [6.07, 6.45) is 0.0428. The van der Waals surface area contributed by atoms with Crippen molar-refractivity contribution in [3.8, 4) is 0 Å². The molecule has 0 saturated heterocycles. The number of rotatable bonds is 7. The van der Waals surface area contributed by atoms with E-state index in [4.69, 9.17) is 4.74 Å². The molecule has 0 aromatic heterocycles. The lowest BCUT2D eigenvalue weighted by Crippen LogP contribution is -2.27. The molecule has 2 atom stereocenters. The number of anilines is 1. The second kappa shape index (κ2) is 8.37. The summed E-state index contributed by atoms with van der Waals surface area (Å²) in [7, 11) is 0. The summed E-state index contributed by atoms with van der Waals surface area (Å²) in [5.41, 5.74) is 0.944. The number of aliphatic hydroxyl groups excluding tert-OH is 1. The second-order valence-corrected chi connectivity index (χ2v) is 5.73. The molecule has 0 heterocycles. The molecule has 5 heteroatoms. The summed E-state index contributed by atoms with van der Waals surface area (Å²) >= 11 is 2.23. The molecule has 0 spiro atoms. The quantitative estimate of drug-likeness (QED) is 0.567. The van der Waals surface area contributed by atoms with E-state index in [1.54, 1.807) is 0 Å². The van der Waals surface area contributed by atoms with Gasteiger partial charge in [0.1, 0.15) is 12.7 Å². The van der Waals surface area contributed by atoms with Crippen LogP contribution in [0.2, 0.25) is 0 Å². The van der Waals surface area contributed by atoms with E-state index in [1.165, 1.54) is 0 Å². The van der Waals surface area contributed by atoms with Gasteiger partial charge in [0.05, 0.1) is 5.92 Å². The number of carbonyl (C=O) groups is 1. The van der Waals surface area contributed by atoms with Crippen molar-refractivity contribution in [1.82, 2.24) is 0 Å². The fraction of sp³-hybridized carbons (Fsp3) is 0.500. The van der Waals surface area contributed by atoms with Crippen molar-refractivity contribution in [3.63, 3.8) is 0 Å². The Morgan fingerprint density at radius 2 is 2.26 bits per heavy atom. The first-order valence-corrected chi connectivity index (χ1v) is 7.45. The van der Waals surface area contributed by atoms with Crippen molar-refractivity contribution in [2.75, 3.05) is 18.5 Å². The number of halogens is 1. The molecule has 19 heavy (non-hydrogen) atoms. The van der Waals surface area contributed by atoms with Crippen LogP contribution in [0, 0.1) is 9.49 Å². The van der Waals surface area contributed by atoms with Gasteiger partial charge in [-0.1, -0.05) is 19.9 Å². The maximum absolute atomic E-state index is 11.4. The van der Waals surface area contributed by atoms with Gasteiger partial charge in [-0.3, -0.25) is 4.79 Å². The lowest BCUT2D eigenvalue weighted by molar-refractivity contribution is -0.150. The number of hydrogen-bond acceptors (Lipinski definition) is 4. The number of carbonyl (C=O) groups excluding carboxylic acids is 1. The number of benzene rings is 1. The highest BCUT2D eigenvalue weighted by Crippen LogP contribution is 2.12. The highest BCUT2D eigenvalue weighted by molar-refractivity contribution is 14.1. The van der Waals surface area contributed by atoms with Crippen LogP contribution in [-0.4, -0.2) is 30.3 Å².